The Morgan fingerprint density at radius 2 is 1.44 bits per heavy atom. The second-order valence-electron chi connectivity index (χ2n) is 2.58. The van der Waals surface area contributed by atoms with Gasteiger partial charge in [0.15, 0.2) is 0 Å². The summed E-state index contributed by atoms with van der Waals surface area (Å²) in [7, 11) is -6.98. The van der Waals surface area contributed by atoms with Crippen molar-refractivity contribution < 1.29 is 52.9 Å². The van der Waals surface area contributed by atoms with E-state index in [2.05, 4.69) is 9.47 Å². The van der Waals surface area contributed by atoms with Crippen molar-refractivity contribution in [2.75, 3.05) is 7.11 Å². The van der Waals surface area contributed by atoms with Crippen LogP contribution in [0.4, 0.5) is 30.2 Å². The van der Waals surface area contributed by atoms with Crippen LogP contribution in [0, 0.1) is 0 Å². The number of esters is 1. The lowest BCUT2D eigenvalue weighted by Gasteiger charge is -2.25. The standard InChI is InChI=1S/C5H3F7O5S/c1-16-2(13)3(6,7)17-4(8,9)5(10,11)18(12,14)15/h1H3. The fourth-order valence-corrected chi connectivity index (χ4v) is 0.848. The highest BCUT2D eigenvalue weighted by atomic mass is 32.3. The van der Waals surface area contributed by atoms with E-state index in [1.807, 2.05) is 0 Å². The molecular weight excluding hydrogens is 305 g/mol. The molecule has 0 N–H and O–H groups in total. The largest absolute Gasteiger partial charge is 0.464 e. The summed E-state index contributed by atoms with van der Waals surface area (Å²) in [6.07, 6.45) is -12.1. The van der Waals surface area contributed by atoms with Gasteiger partial charge in [-0.25, -0.2) is 9.53 Å². The first-order valence-corrected chi connectivity index (χ1v) is 4.93. The van der Waals surface area contributed by atoms with Gasteiger partial charge in [0.1, 0.15) is 0 Å². The third-order valence-electron chi connectivity index (χ3n) is 1.32. The summed E-state index contributed by atoms with van der Waals surface area (Å²) in [4.78, 5) is 10.2. The van der Waals surface area contributed by atoms with Gasteiger partial charge in [-0.05, 0) is 0 Å². The summed E-state index contributed by atoms with van der Waals surface area (Å²) in [6, 6.07) is 0. The van der Waals surface area contributed by atoms with Crippen LogP contribution in [0.5, 0.6) is 0 Å². The van der Waals surface area contributed by atoms with E-state index in [9.17, 15) is 43.4 Å². The Bertz CT molecular complexity index is 430. The number of methoxy groups -OCH3 is 1. The van der Waals surface area contributed by atoms with Crippen molar-refractivity contribution in [1.82, 2.24) is 0 Å². The summed E-state index contributed by atoms with van der Waals surface area (Å²) in [5.41, 5.74) is 0. The van der Waals surface area contributed by atoms with Crippen LogP contribution < -0.4 is 0 Å². The van der Waals surface area contributed by atoms with Crippen LogP contribution in [0.2, 0.25) is 0 Å². The zero-order valence-corrected chi connectivity index (χ0v) is 8.91. The van der Waals surface area contributed by atoms with Gasteiger partial charge in [-0.2, -0.15) is 34.8 Å². The predicted molar refractivity (Wildman–Crippen MR) is 38.0 cm³/mol. The van der Waals surface area contributed by atoms with Gasteiger partial charge >= 0.3 is 33.7 Å². The van der Waals surface area contributed by atoms with Crippen LogP contribution in [0.25, 0.3) is 0 Å². The van der Waals surface area contributed by atoms with Crippen molar-refractivity contribution in [3.05, 3.63) is 0 Å². The molecule has 5 nitrogen and oxygen atoms in total. The van der Waals surface area contributed by atoms with Crippen molar-refractivity contribution in [2.24, 2.45) is 0 Å². The molecule has 0 atom stereocenters. The number of carbonyl (C=O) groups is 1. The summed E-state index contributed by atoms with van der Waals surface area (Å²) < 4.78 is 111. The van der Waals surface area contributed by atoms with Crippen molar-refractivity contribution in [1.29, 1.82) is 0 Å². The van der Waals surface area contributed by atoms with Crippen LogP contribution in [0.3, 0.4) is 0 Å². The first-order chi connectivity index (χ1) is 7.69. The number of rotatable bonds is 5. The van der Waals surface area contributed by atoms with E-state index in [0.29, 0.717) is 0 Å². The van der Waals surface area contributed by atoms with Gasteiger partial charge in [-0.3, -0.25) is 0 Å². The van der Waals surface area contributed by atoms with Crippen LogP contribution in [-0.4, -0.2) is 39.0 Å². The maximum Gasteiger partial charge on any atom is 0.464 e. The van der Waals surface area contributed by atoms with E-state index in [1.165, 1.54) is 0 Å². The Labute approximate surface area is 94.7 Å². The predicted octanol–water partition coefficient (Wildman–Crippen LogP) is 1.25. The highest BCUT2D eigenvalue weighted by molar-refractivity contribution is 7.87. The normalized spacial score (nSPS) is 14.4. The molecule has 18 heavy (non-hydrogen) atoms. The van der Waals surface area contributed by atoms with Crippen LogP contribution in [0.1, 0.15) is 0 Å². The molecular formula is C5H3F7O5S. The molecule has 0 bridgehead atoms. The molecule has 0 aromatic carbocycles. The van der Waals surface area contributed by atoms with E-state index in [1.54, 1.807) is 0 Å². The highest BCUT2D eigenvalue weighted by Crippen LogP contribution is 2.43. The molecule has 0 aromatic heterocycles. The summed E-state index contributed by atoms with van der Waals surface area (Å²) >= 11 is 0. The number of ether oxygens (including phenoxy) is 2. The Morgan fingerprint density at radius 3 is 1.72 bits per heavy atom. The second kappa shape index (κ2) is 4.53. The first kappa shape index (κ1) is 16.9. The topological polar surface area (TPSA) is 69.7 Å². The molecule has 0 unspecified atom stereocenters. The van der Waals surface area contributed by atoms with Crippen LogP contribution in [-0.2, 0) is 24.5 Å². The van der Waals surface area contributed by atoms with Crippen molar-refractivity contribution >= 4 is 16.2 Å². The first-order valence-electron chi connectivity index (χ1n) is 3.55. The Kier molecular flexibility index (Phi) is 4.25. The van der Waals surface area contributed by atoms with Gasteiger partial charge in [0.25, 0.3) is 0 Å². The van der Waals surface area contributed by atoms with E-state index >= 15 is 0 Å². The minimum atomic E-state index is -7.26. The molecule has 0 aliphatic carbocycles. The number of alkyl halides is 6. The minimum absolute atomic E-state index is 0.280. The third kappa shape index (κ3) is 3.01. The van der Waals surface area contributed by atoms with Gasteiger partial charge < -0.3 is 4.74 Å². The van der Waals surface area contributed by atoms with Gasteiger partial charge in [-0.15, -0.1) is 0 Å². The molecule has 0 amide bonds. The molecule has 0 saturated carbocycles. The van der Waals surface area contributed by atoms with Gasteiger partial charge in [0, 0.05) is 0 Å². The molecule has 108 valence electrons. The van der Waals surface area contributed by atoms with E-state index < -0.39 is 33.7 Å². The number of carbonyl (C=O) groups excluding carboxylic acids is 1. The molecule has 0 radical (unpaired) electrons. The van der Waals surface area contributed by atoms with E-state index in [4.69, 9.17) is 0 Å². The van der Waals surface area contributed by atoms with E-state index in [-0.39, 0.29) is 7.11 Å². The Balaban J connectivity index is 5.39. The van der Waals surface area contributed by atoms with Gasteiger partial charge in [-0.1, -0.05) is 3.89 Å². The molecule has 0 aromatic rings. The lowest BCUT2D eigenvalue weighted by atomic mass is 10.6. The molecule has 0 saturated heterocycles. The Hall–Kier alpha value is -1.11. The quantitative estimate of drug-likeness (QED) is 0.434. The maximum absolute atomic E-state index is 12.4. The smallest absolute Gasteiger partial charge is 0.463 e. The molecule has 0 fully saturated rings. The molecule has 13 heteroatoms. The SMILES string of the molecule is COC(=O)C(F)(F)OC(F)(F)C(F)(F)S(=O)(=O)F. The van der Waals surface area contributed by atoms with Gasteiger partial charge in [0.05, 0.1) is 7.11 Å². The second-order valence-corrected chi connectivity index (χ2v) is 3.97. The van der Waals surface area contributed by atoms with E-state index in [0.717, 1.165) is 0 Å². The summed E-state index contributed by atoms with van der Waals surface area (Å²) in [6.45, 7) is 0. The fourth-order valence-electron chi connectivity index (χ4n) is 0.523. The van der Waals surface area contributed by atoms with Crippen LogP contribution in [0.15, 0.2) is 0 Å². The number of halogens is 7. The van der Waals surface area contributed by atoms with Crippen LogP contribution >= 0.6 is 0 Å². The van der Waals surface area contributed by atoms with Crippen molar-refractivity contribution in [3.63, 3.8) is 0 Å². The zero-order valence-electron chi connectivity index (χ0n) is 8.10. The van der Waals surface area contributed by atoms with Gasteiger partial charge in [0.2, 0.25) is 0 Å². The average Bonchev–Trinajstić information content (AvgIpc) is 2.12. The summed E-state index contributed by atoms with van der Waals surface area (Å²) in [5, 5.41) is -6.61. The summed E-state index contributed by atoms with van der Waals surface area (Å²) in [5.74, 6) is -2.81. The fraction of sp³-hybridized carbons (Fsp3) is 0.800. The molecule has 0 rings (SSSR count). The lowest BCUT2D eigenvalue weighted by molar-refractivity contribution is -0.403. The maximum atomic E-state index is 12.4. The number of hydrogen-bond acceptors (Lipinski definition) is 5. The van der Waals surface area contributed by atoms with Crippen molar-refractivity contribution in [2.45, 2.75) is 17.5 Å². The molecule has 0 heterocycles. The average molecular weight is 308 g/mol. The Morgan fingerprint density at radius 1 is 1.06 bits per heavy atom. The minimum Gasteiger partial charge on any atom is -0.463 e. The highest BCUT2D eigenvalue weighted by Gasteiger charge is 2.72. The monoisotopic (exact) mass is 308 g/mol. The number of hydrogen-bond donors (Lipinski definition) is 0. The molecule has 0 aliphatic rings. The molecule has 0 spiro atoms. The zero-order chi connectivity index (χ0) is 15.0. The lowest BCUT2D eigenvalue weighted by Crippen LogP contribution is -2.52. The van der Waals surface area contributed by atoms with Crippen molar-refractivity contribution in [3.8, 4) is 0 Å². The third-order valence-corrected chi connectivity index (χ3v) is 2.17. The molecule has 0 aliphatic heterocycles.